The maximum atomic E-state index is 13.4. The number of benzene rings is 1. The van der Waals surface area contributed by atoms with Crippen LogP contribution < -0.4 is 0 Å². The molecule has 0 heterocycles. The molecule has 2 rings (SSSR count). The van der Waals surface area contributed by atoms with Crippen LogP contribution in [0.2, 0.25) is 5.02 Å². The lowest BCUT2D eigenvalue weighted by Gasteiger charge is -2.41. The summed E-state index contributed by atoms with van der Waals surface area (Å²) < 4.78 is 38.6. The molecule has 1 aromatic rings. The van der Waals surface area contributed by atoms with E-state index in [4.69, 9.17) is 11.6 Å². The fourth-order valence-electron chi connectivity index (χ4n) is 2.33. The predicted octanol–water partition coefficient (Wildman–Crippen LogP) is 5.26. The molecule has 0 aromatic heterocycles. The van der Waals surface area contributed by atoms with Gasteiger partial charge in [0.25, 0.3) is 0 Å². The summed E-state index contributed by atoms with van der Waals surface area (Å²) in [5.41, 5.74) is 0.111. The van der Waals surface area contributed by atoms with E-state index in [1.165, 1.54) is 0 Å². The van der Waals surface area contributed by atoms with Crippen LogP contribution in [0.1, 0.15) is 19.3 Å². The fourth-order valence-corrected chi connectivity index (χ4v) is 4.27. The summed E-state index contributed by atoms with van der Waals surface area (Å²) in [4.78, 5) is 0.561. The SMILES string of the molecule is C=C/C(F)=C\C(=C\F)C1(S(=O)c2ccc(Cl)cc2)CCC1. The van der Waals surface area contributed by atoms with Gasteiger partial charge in [-0.05, 0) is 55.7 Å². The van der Waals surface area contributed by atoms with Crippen molar-refractivity contribution in [3.05, 3.63) is 65.7 Å². The van der Waals surface area contributed by atoms with E-state index >= 15 is 0 Å². The topological polar surface area (TPSA) is 17.1 Å². The van der Waals surface area contributed by atoms with Crippen molar-refractivity contribution < 1.29 is 13.0 Å². The van der Waals surface area contributed by atoms with Crippen LogP contribution in [0.15, 0.2) is 65.6 Å². The van der Waals surface area contributed by atoms with E-state index < -0.39 is 21.4 Å². The van der Waals surface area contributed by atoms with Crippen LogP contribution in [0.5, 0.6) is 0 Å². The molecule has 21 heavy (non-hydrogen) atoms. The molecule has 1 aliphatic rings. The fraction of sp³-hybridized carbons (Fsp3) is 0.250. The molecular weight excluding hydrogens is 314 g/mol. The maximum Gasteiger partial charge on any atom is 0.123 e. The van der Waals surface area contributed by atoms with Crippen molar-refractivity contribution in [1.29, 1.82) is 0 Å². The molecule has 0 bridgehead atoms. The molecule has 0 radical (unpaired) electrons. The van der Waals surface area contributed by atoms with Gasteiger partial charge in [0.05, 0.1) is 21.9 Å². The van der Waals surface area contributed by atoms with Gasteiger partial charge in [-0.2, -0.15) is 0 Å². The number of hydrogen-bond acceptors (Lipinski definition) is 1. The second kappa shape index (κ2) is 6.67. The quantitative estimate of drug-likeness (QED) is 0.673. The minimum absolute atomic E-state index is 0.111. The highest BCUT2D eigenvalue weighted by Gasteiger charge is 2.46. The molecule has 1 nitrogen and oxygen atoms in total. The van der Waals surface area contributed by atoms with Gasteiger partial charge in [0.2, 0.25) is 0 Å². The molecule has 0 saturated heterocycles. The third-order valence-electron chi connectivity index (χ3n) is 3.68. The molecular formula is C16H15ClF2OS. The summed E-state index contributed by atoms with van der Waals surface area (Å²) in [5.74, 6) is -0.640. The Morgan fingerprint density at radius 1 is 1.33 bits per heavy atom. The minimum atomic E-state index is -1.47. The van der Waals surface area contributed by atoms with Gasteiger partial charge >= 0.3 is 0 Å². The van der Waals surface area contributed by atoms with Gasteiger partial charge in [0.1, 0.15) is 5.83 Å². The first-order valence-electron chi connectivity index (χ1n) is 6.51. The average molecular weight is 329 g/mol. The molecule has 1 fully saturated rings. The maximum absolute atomic E-state index is 13.4. The Morgan fingerprint density at radius 3 is 2.38 bits per heavy atom. The summed E-state index contributed by atoms with van der Waals surface area (Å²) in [5, 5.41) is 0.539. The molecule has 1 atom stereocenters. The van der Waals surface area contributed by atoms with Gasteiger partial charge in [-0.15, -0.1) is 0 Å². The van der Waals surface area contributed by atoms with Crippen molar-refractivity contribution in [2.45, 2.75) is 28.9 Å². The van der Waals surface area contributed by atoms with Crippen LogP contribution in [-0.4, -0.2) is 8.96 Å². The highest BCUT2D eigenvalue weighted by atomic mass is 35.5. The Kier molecular flexibility index (Phi) is 5.12. The van der Waals surface area contributed by atoms with E-state index in [1.54, 1.807) is 24.3 Å². The number of hydrogen-bond donors (Lipinski definition) is 0. The molecule has 112 valence electrons. The minimum Gasteiger partial charge on any atom is -0.253 e. The Bertz CT molecular complexity index is 616. The van der Waals surface area contributed by atoms with E-state index in [0.29, 0.717) is 29.1 Å². The Labute approximate surface area is 130 Å². The van der Waals surface area contributed by atoms with Crippen LogP contribution >= 0.6 is 11.6 Å². The lowest BCUT2D eigenvalue weighted by molar-refractivity contribution is 0.399. The van der Waals surface area contributed by atoms with Gasteiger partial charge in [0.15, 0.2) is 0 Å². The van der Waals surface area contributed by atoms with Crippen LogP contribution in [0.3, 0.4) is 0 Å². The van der Waals surface area contributed by atoms with E-state index in [-0.39, 0.29) is 5.57 Å². The van der Waals surface area contributed by atoms with Crippen molar-refractivity contribution >= 4 is 22.4 Å². The molecule has 5 heteroatoms. The summed E-state index contributed by atoms with van der Waals surface area (Å²) in [6.45, 7) is 3.30. The lowest BCUT2D eigenvalue weighted by Crippen LogP contribution is -2.43. The van der Waals surface area contributed by atoms with Gasteiger partial charge in [-0.3, -0.25) is 4.21 Å². The van der Waals surface area contributed by atoms with Crippen molar-refractivity contribution in [3.8, 4) is 0 Å². The highest BCUT2D eigenvalue weighted by molar-refractivity contribution is 7.86. The number of halogens is 3. The first-order valence-corrected chi connectivity index (χ1v) is 8.04. The first kappa shape index (κ1) is 16.1. The number of rotatable bonds is 5. The zero-order valence-corrected chi connectivity index (χ0v) is 12.9. The molecule has 0 amide bonds. The standard InChI is InChI=1S/C16H15ClF2OS/c1-2-14(19)10-12(11-18)16(8-3-9-16)21(20)15-6-4-13(17)5-7-15/h2,4-7,10-11H,1,3,8-9H2/b12-11-,14-10+. The largest absolute Gasteiger partial charge is 0.253 e. The predicted molar refractivity (Wildman–Crippen MR) is 83.0 cm³/mol. The highest BCUT2D eigenvalue weighted by Crippen LogP contribution is 2.46. The average Bonchev–Trinajstić information content (AvgIpc) is 2.45. The Morgan fingerprint density at radius 2 is 1.95 bits per heavy atom. The number of allylic oxidation sites excluding steroid dienone is 3. The third kappa shape index (κ3) is 3.16. The summed E-state index contributed by atoms with van der Waals surface area (Å²) >= 11 is 5.82. The zero-order valence-electron chi connectivity index (χ0n) is 11.3. The lowest BCUT2D eigenvalue weighted by atomic mass is 9.78. The summed E-state index contributed by atoms with van der Waals surface area (Å²) in [7, 11) is -1.47. The second-order valence-electron chi connectivity index (χ2n) is 4.87. The third-order valence-corrected chi connectivity index (χ3v) is 5.98. The van der Waals surface area contributed by atoms with Crippen molar-refractivity contribution in [2.75, 3.05) is 0 Å². The Balaban J connectivity index is 2.39. The molecule has 1 saturated carbocycles. The van der Waals surface area contributed by atoms with Crippen molar-refractivity contribution in [3.63, 3.8) is 0 Å². The molecule has 0 N–H and O–H groups in total. The zero-order chi connectivity index (χ0) is 15.5. The van der Waals surface area contributed by atoms with Crippen LogP contribution in [0.25, 0.3) is 0 Å². The normalized spacial score (nSPS) is 19.8. The van der Waals surface area contributed by atoms with E-state index in [2.05, 4.69) is 6.58 Å². The van der Waals surface area contributed by atoms with Crippen molar-refractivity contribution in [1.82, 2.24) is 0 Å². The van der Waals surface area contributed by atoms with Gasteiger partial charge in [0, 0.05) is 15.5 Å². The van der Waals surface area contributed by atoms with Gasteiger partial charge in [-0.1, -0.05) is 18.2 Å². The van der Waals surface area contributed by atoms with E-state index in [1.807, 2.05) is 0 Å². The summed E-state index contributed by atoms with van der Waals surface area (Å²) in [6, 6.07) is 6.59. The van der Waals surface area contributed by atoms with Crippen molar-refractivity contribution in [2.24, 2.45) is 0 Å². The van der Waals surface area contributed by atoms with Gasteiger partial charge < -0.3 is 0 Å². The summed E-state index contributed by atoms with van der Waals surface area (Å²) in [6.07, 6.45) is 4.36. The van der Waals surface area contributed by atoms with Crippen LogP contribution in [0, 0.1) is 0 Å². The monoisotopic (exact) mass is 328 g/mol. The van der Waals surface area contributed by atoms with E-state index in [9.17, 15) is 13.0 Å². The molecule has 1 aliphatic carbocycles. The molecule has 0 spiro atoms. The Hall–Kier alpha value is -1.26. The second-order valence-corrected chi connectivity index (χ2v) is 7.10. The smallest absolute Gasteiger partial charge is 0.123 e. The molecule has 0 aliphatic heterocycles. The van der Waals surface area contributed by atoms with E-state index in [0.717, 1.165) is 18.6 Å². The first-order chi connectivity index (χ1) is 10.0. The molecule has 1 unspecified atom stereocenters. The van der Waals surface area contributed by atoms with Gasteiger partial charge in [-0.25, -0.2) is 8.78 Å². The van der Waals surface area contributed by atoms with Crippen LogP contribution in [-0.2, 0) is 10.8 Å². The molecule has 1 aromatic carbocycles. The van der Waals surface area contributed by atoms with Crippen LogP contribution in [0.4, 0.5) is 8.78 Å².